The number of aryl methyl sites for hydroxylation is 1. The molecule has 33 heavy (non-hydrogen) atoms. The van der Waals surface area contributed by atoms with E-state index in [-0.39, 0.29) is 5.56 Å². The summed E-state index contributed by atoms with van der Waals surface area (Å²) in [6.45, 7) is 2.05. The minimum absolute atomic E-state index is 0.145. The van der Waals surface area contributed by atoms with Crippen LogP contribution in [0.2, 0.25) is 0 Å². The molecule has 7 nitrogen and oxygen atoms in total. The van der Waals surface area contributed by atoms with Crippen molar-refractivity contribution in [2.24, 2.45) is 0 Å². The number of benzene rings is 3. The lowest BCUT2D eigenvalue weighted by Gasteiger charge is -2.11. The third-order valence-electron chi connectivity index (χ3n) is 5.24. The van der Waals surface area contributed by atoms with Crippen molar-refractivity contribution >= 4 is 22.7 Å². The van der Waals surface area contributed by atoms with E-state index in [1.165, 1.54) is 11.8 Å². The monoisotopic (exact) mass is 455 g/mol. The molecular formula is C25H21N5O2S. The molecule has 3 aromatic carbocycles. The Bertz CT molecular complexity index is 1490. The van der Waals surface area contributed by atoms with Crippen LogP contribution in [0.15, 0.2) is 82.7 Å². The van der Waals surface area contributed by atoms with Crippen LogP contribution in [0.3, 0.4) is 0 Å². The number of fused-ring (bicyclic) bond motifs is 1. The fourth-order valence-electron chi connectivity index (χ4n) is 3.63. The van der Waals surface area contributed by atoms with Gasteiger partial charge in [0.15, 0.2) is 11.0 Å². The van der Waals surface area contributed by atoms with E-state index in [2.05, 4.69) is 39.2 Å². The van der Waals surface area contributed by atoms with Crippen molar-refractivity contribution in [1.82, 2.24) is 24.7 Å². The Morgan fingerprint density at radius 2 is 1.82 bits per heavy atom. The zero-order valence-electron chi connectivity index (χ0n) is 18.1. The van der Waals surface area contributed by atoms with Crippen LogP contribution < -0.4 is 10.3 Å². The van der Waals surface area contributed by atoms with Crippen molar-refractivity contribution in [2.45, 2.75) is 17.8 Å². The normalized spacial score (nSPS) is 11.1. The summed E-state index contributed by atoms with van der Waals surface area (Å²) in [5, 5.41) is 10.2. The van der Waals surface area contributed by atoms with Crippen molar-refractivity contribution in [1.29, 1.82) is 0 Å². The molecule has 0 aliphatic rings. The fraction of sp³-hybridized carbons (Fsp3) is 0.120. The molecule has 0 spiro atoms. The number of aromatic nitrogens is 5. The van der Waals surface area contributed by atoms with E-state index >= 15 is 0 Å². The molecule has 0 saturated carbocycles. The Balaban J connectivity index is 1.54. The van der Waals surface area contributed by atoms with Gasteiger partial charge >= 0.3 is 0 Å². The van der Waals surface area contributed by atoms with E-state index < -0.39 is 0 Å². The van der Waals surface area contributed by atoms with E-state index in [4.69, 9.17) is 4.74 Å². The molecular weight excluding hydrogens is 434 g/mol. The van der Waals surface area contributed by atoms with Crippen LogP contribution in [0.5, 0.6) is 5.75 Å². The topological polar surface area (TPSA) is 85.7 Å². The van der Waals surface area contributed by atoms with Gasteiger partial charge in [-0.15, -0.1) is 10.2 Å². The number of hydrogen-bond donors (Lipinski definition) is 1. The Kier molecular flexibility index (Phi) is 5.66. The second-order valence-electron chi connectivity index (χ2n) is 7.53. The number of thioether (sulfide) groups is 1. The molecule has 0 amide bonds. The van der Waals surface area contributed by atoms with Gasteiger partial charge in [-0.05, 0) is 49.4 Å². The molecule has 0 unspecified atom stereocenters. The Morgan fingerprint density at radius 3 is 2.61 bits per heavy atom. The average Bonchev–Trinajstić information content (AvgIpc) is 3.27. The number of nitrogens with one attached hydrogen (secondary N) is 1. The van der Waals surface area contributed by atoms with E-state index in [1.54, 1.807) is 13.2 Å². The summed E-state index contributed by atoms with van der Waals surface area (Å²) in [7, 11) is 1.64. The van der Waals surface area contributed by atoms with Gasteiger partial charge in [-0.2, -0.15) is 0 Å². The van der Waals surface area contributed by atoms with Gasteiger partial charge in [-0.1, -0.05) is 47.7 Å². The smallest absolute Gasteiger partial charge is 0.258 e. The summed E-state index contributed by atoms with van der Waals surface area (Å²) in [5.41, 5.74) is 3.56. The first-order chi connectivity index (χ1) is 16.1. The van der Waals surface area contributed by atoms with Crippen LogP contribution >= 0.6 is 11.8 Å². The van der Waals surface area contributed by atoms with Crippen LogP contribution in [-0.4, -0.2) is 31.8 Å². The number of methoxy groups -OCH3 is 1. The quantitative estimate of drug-likeness (QED) is 0.371. The van der Waals surface area contributed by atoms with Crippen molar-refractivity contribution < 1.29 is 4.74 Å². The van der Waals surface area contributed by atoms with Gasteiger partial charge in [0, 0.05) is 11.3 Å². The Labute approximate surface area is 194 Å². The highest BCUT2D eigenvalue weighted by Crippen LogP contribution is 2.30. The van der Waals surface area contributed by atoms with Crippen LogP contribution in [0.4, 0.5) is 0 Å². The second-order valence-corrected chi connectivity index (χ2v) is 8.47. The molecule has 1 N–H and O–H groups in total. The number of H-pyrrole nitrogens is 1. The van der Waals surface area contributed by atoms with E-state index in [0.717, 1.165) is 28.4 Å². The predicted octanol–water partition coefficient (Wildman–Crippen LogP) is 4.78. The molecule has 5 aromatic rings. The standard InChI is InChI=1S/C25H21N5O2S/c1-16-6-5-7-17(14-16)23-28-29-25(30(23)18-10-12-19(32-2)13-11-18)33-15-22-26-21-9-4-3-8-20(21)24(31)27-22/h3-14H,15H2,1-2H3,(H,26,27,31). The highest BCUT2D eigenvalue weighted by molar-refractivity contribution is 7.98. The summed E-state index contributed by atoms with van der Waals surface area (Å²) in [5.74, 6) is 2.55. The van der Waals surface area contributed by atoms with Crippen LogP contribution in [0, 0.1) is 6.92 Å². The third kappa shape index (κ3) is 4.25. The number of ether oxygens (including phenoxy) is 1. The molecule has 164 valence electrons. The first kappa shape index (κ1) is 21.0. The summed E-state index contributed by atoms with van der Waals surface area (Å²) in [6, 6.07) is 23.2. The van der Waals surface area contributed by atoms with Crippen LogP contribution in [-0.2, 0) is 5.75 Å². The number of rotatable bonds is 6. The molecule has 0 radical (unpaired) electrons. The minimum Gasteiger partial charge on any atom is -0.497 e. The van der Waals surface area contributed by atoms with Crippen LogP contribution in [0.25, 0.3) is 28.0 Å². The van der Waals surface area contributed by atoms with E-state index in [9.17, 15) is 4.79 Å². The van der Waals surface area contributed by atoms with Crippen molar-refractivity contribution in [2.75, 3.05) is 7.11 Å². The SMILES string of the molecule is COc1ccc(-n2c(SCc3nc4ccccc4c(=O)[nH]3)nnc2-c2cccc(C)c2)cc1. The molecule has 0 saturated heterocycles. The maximum absolute atomic E-state index is 12.4. The zero-order chi connectivity index (χ0) is 22.8. The molecule has 5 rings (SSSR count). The minimum atomic E-state index is -0.145. The molecule has 0 atom stereocenters. The van der Waals surface area contributed by atoms with Crippen LogP contribution in [0.1, 0.15) is 11.4 Å². The third-order valence-corrected chi connectivity index (χ3v) is 6.18. The maximum atomic E-state index is 12.4. The van der Waals surface area contributed by atoms with E-state index in [0.29, 0.717) is 27.6 Å². The molecule has 0 bridgehead atoms. The van der Waals surface area contributed by atoms with E-state index in [1.807, 2.05) is 59.2 Å². The predicted molar refractivity (Wildman–Crippen MR) is 130 cm³/mol. The van der Waals surface area contributed by atoms with Gasteiger partial charge in [-0.25, -0.2) is 4.98 Å². The first-order valence-electron chi connectivity index (χ1n) is 10.4. The molecule has 0 aliphatic carbocycles. The van der Waals surface area contributed by atoms with Gasteiger partial charge < -0.3 is 9.72 Å². The van der Waals surface area contributed by atoms with Gasteiger partial charge in [0.25, 0.3) is 5.56 Å². The molecule has 0 aliphatic heterocycles. The van der Waals surface area contributed by atoms with Crippen molar-refractivity contribution in [3.8, 4) is 22.8 Å². The van der Waals surface area contributed by atoms with Gasteiger partial charge in [-0.3, -0.25) is 9.36 Å². The summed E-state index contributed by atoms with van der Waals surface area (Å²) >= 11 is 1.47. The number of nitrogens with zero attached hydrogens (tertiary/aromatic N) is 4. The largest absolute Gasteiger partial charge is 0.497 e. The second kappa shape index (κ2) is 8.91. The molecule has 0 fully saturated rings. The lowest BCUT2D eigenvalue weighted by atomic mass is 10.1. The number of aromatic amines is 1. The number of para-hydroxylation sites is 1. The molecule has 2 aromatic heterocycles. The lowest BCUT2D eigenvalue weighted by Crippen LogP contribution is -2.11. The van der Waals surface area contributed by atoms with Gasteiger partial charge in [0.1, 0.15) is 11.6 Å². The van der Waals surface area contributed by atoms with Crippen molar-refractivity contribution in [3.63, 3.8) is 0 Å². The Morgan fingerprint density at radius 1 is 1.00 bits per heavy atom. The lowest BCUT2D eigenvalue weighted by molar-refractivity contribution is 0.414. The average molecular weight is 456 g/mol. The fourth-order valence-corrected chi connectivity index (χ4v) is 4.46. The Hall–Kier alpha value is -3.91. The first-order valence-corrected chi connectivity index (χ1v) is 11.4. The van der Waals surface area contributed by atoms with Gasteiger partial charge in [0.05, 0.1) is 23.8 Å². The summed E-state index contributed by atoms with van der Waals surface area (Å²) < 4.78 is 7.32. The molecule has 8 heteroatoms. The zero-order valence-corrected chi connectivity index (χ0v) is 19.0. The summed E-state index contributed by atoms with van der Waals surface area (Å²) in [6.07, 6.45) is 0. The highest BCUT2D eigenvalue weighted by Gasteiger charge is 2.17. The maximum Gasteiger partial charge on any atom is 0.258 e. The molecule has 2 heterocycles. The summed E-state index contributed by atoms with van der Waals surface area (Å²) in [4.78, 5) is 19.9. The number of hydrogen-bond acceptors (Lipinski definition) is 6. The van der Waals surface area contributed by atoms with Gasteiger partial charge in [0.2, 0.25) is 0 Å². The highest BCUT2D eigenvalue weighted by atomic mass is 32.2. The van der Waals surface area contributed by atoms with Crippen molar-refractivity contribution in [3.05, 3.63) is 94.5 Å².